The Labute approximate surface area is 215 Å². The topological polar surface area (TPSA) is 120 Å². The van der Waals surface area contributed by atoms with Gasteiger partial charge in [0.15, 0.2) is 10.7 Å². The molecule has 14 heteroatoms. The SMILES string of the molecule is CCc1[nH]c2nc(Sc3cnc4ccoc4c3)nc(N3CC4CNC4C3)c2c1Br.O=C(O)C(F)(F)F. The Bertz CT molecular complexity index is 1430. The Balaban J connectivity index is 0.000000338. The Morgan fingerprint density at radius 2 is 2.14 bits per heavy atom. The van der Waals surface area contributed by atoms with Crippen LogP contribution in [0.5, 0.6) is 0 Å². The van der Waals surface area contributed by atoms with Crippen molar-refractivity contribution in [1.82, 2.24) is 25.3 Å². The minimum atomic E-state index is -5.08. The van der Waals surface area contributed by atoms with Gasteiger partial charge in [0.2, 0.25) is 0 Å². The first kappa shape index (κ1) is 24.8. The van der Waals surface area contributed by atoms with Crippen molar-refractivity contribution in [2.45, 2.75) is 35.6 Å². The fourth-order valence-corrected chi connectivity index (χ4v) is 5.70. The molecule has 0 aromatic carbocycles. The van der Waals surface area contributed by atoms with Crippen molar-refractivity contribution in [3.63, 3.8) is 0 Å². The van der Waals surface area contributed by atoms with Crippen molar-refractivity contribution < 1.29 is 27.5 Å². The standard InChI is InChI=1S/C20H19BrN6OS.C2HF3O2/c1-2-12-17(21)16-18(24-12)25-20(26-19(16)27-8-10-6-22-14(10)9-27)29-11-5-15-13(23-7-11)3-4-28-15;3-2(4,5)1(6)7/h3-5,7,10,14,22H,2,6,8-9H2,1H3,(H,24,25,26);(H,6,7). The maximum Gasteiger partial charge on any atom is 0.490 e. The van der Waals surface area contributed by atoms with Crippen molar-refractivity contribution >= 4 is 61.6 Å². The van der Waals surface area contributed by atoms with Crippen LogP contribution in [0, 0.1) is 5.92 Å². The number of aliphatic carboxylic acids is 1. The molecule has 0 saturated carbocycles. The molecule has 2 saturated heterocycles. The van der Waals surface area contributed by atoms with Crippen LogP contribution in [0.2, 0.25) is 0 Å². The van der Waals surface area contributed by atoms with Gasteiger partial charge >= 0.3 is 12.1 Å². The van der Waals surface area contributed by atoms with Gasteiger partial charge in [-0.3, -0.25) is 4.98 Å². The molecule has 0 amide bonds. The second-order valence-electron chi connectivity index (χ2n) is 8.38. The second kappa shape index (κ2) is 9.56. The van der Waals surface area contributed by atoms with E-state index in [1.165, 1.54) is 11.8 Å². The summed E-state index contributed by atoms with van der Waals surface area (Å²) in [6.45, 7) is 5.26. The summed E-state index contributed by atoms with van der Waals surface area (Å²) in [6.07, 6.45) is -0.673. The molecule has 2 unspecified atom stereocenters. The lowest BCUT2D eigenvalue weighted by atomic mass is 9.96. The molecular weight excluding hydrogens is 565 g/mol. The Hall–Kier alpha value is -2.84. The summed E-state index contributed by atoms with van der Waals surface area (Å²) in [5.74, 6) is -1.04. The number of aromatic nitrogens is 4. The zero-order chi connectivity index (χ0) is 25.6. The third-order valence-corrected chi connectivity index (χ3v) is 7.79. The van der Waals surface area contributed by atoms with Crippen LogP contribution in [0.3, 0.4) is 0 Å². The van der Waals surface area contributed by atoms with Gasteiger partial charge in [0.25, 0.3) is 0 Å². The average molecular weight is 585 g/mol. The number of aromatic amines is 1. The molecule has 9 nitrogen and oxygen atoms in total. The Morgan fingerprint density at radius 3 is 2.75 bits per heavy atom. The number of pyridine rings is 1. The zero-order valence-electron chi connectivity index (χ0n) is 18.8. The van der Waals surface area contributed by atoms with Crippen LogP contribution in [0.1, 0.15) is 12.6 Å². The lowest BCUT2D eigenvalue weighted by Crippen LogP contribution is -2.51. The number of furan rings is 1. The molecule has 6 heterocycles. The van der Waals surface area contributed by atoms with Crippen LogP contribution in [-0.2, 0) is 11.2 Å². The fourth-order valence-electron chi connectivity index (χ4n) is 4.20. The number of alkyl halides is 3. The summed E-state index contributed by atoms with van der Waals surface area (Å²) in [7, 11) is 0. The van der Waals surface area contributed by atoms with E-state index < -0.39 is 12.1 Å². The first-order valence-electron chi connectivity index (χ1n) is 11.0. The highest BCUT2D eigenvalue weighted by Gasteiger charge is 2.40. The summed E-state index contributed by atoms with van der Waals surface area (Å²) >= 11 is 5.30. The van der Waals surface area contributed by atoms with Gasteiger partial charge in [0, 0.05) is 54.4 Å². The molecule has 4 aromatic heterocycles. The molecule has 36 heavy (non-hydrogen) atoms. The highest BCUT2D eigenvalue weighted by atomic mass is 79.9. The first-order valence-corrected chi connectivity index (χ1v) is 12.6. The molecule has 0 bridgehead atoms. The molecule has 6 rings (SSSR count). The van der Waals surface area contributed by atoms with E-state index in [4.69, 9.17) is 24.3 Å². The largest absolute Gasteiger partial charge is 0.490 e. The van der Waals surface area contributed by atoms with Gasteiger partial charge in [0.05, 0.1) is 16.1 Å². The molecular formula is C22H20BrF3N6O3S. The number of aryl methyl sites for hydroxylation is 1. The van der Waals surface area contributed by atoms with Gasteiger partial charge in [0.1, 0.15) is 17.0 Å². The van der Waals surface area contributed by atoms with Gasteiger partial charge < -0.3 is 24.7 Å². The van der Waals surface area contributed by atoms with Gasteiger partial charge in [-0.25, -0.2) is 14.8 Å². The van der Waals surface area contributed by atoms with E-state index in [0.29, 0.717) is 17.1 Å². The van der Waals surface area contributed by atoms with Gasteiger partial charge in [-0.05, 0) is 40.2 Å². The molecule has 3 N–H and O–H groups in total. The van der Waals surface area contributed by atoms with Gasteiger partial charge in [-0.2, -0.15) is 13.2 Å². The number of anilines is 1. The third-order valence-electron chi connectivity index (χ3n) is 6.09. The molecule has 190 valence electrons. The zero-order valence-corrected chi connectivity index (χ0v) is 21.2. The summed E-state index contributed by atoms with van der Waals surface area (Å²) in [5, 5.41) is 12.4. The normalized spacial score (nSPS) is 19.2. The van der Waals surface area contributed by atoms with Gasteiger partial charge in [-0.1, -0.05) is 6.92 Å². The summed E-state index contributed by atoms with van der Waals surface area (Å²) in [6, 6.07) is 4.43. The number of carbonyl (C=O) groups is 1. The number of hydrogen-bond donors (Lipinski definition) is 3. The smallest absolute Gasteiger partial charge is 0.475 e. The number of halogens is 4. The monoisotopic (exact) mass is 584 g/mol. The van der Waals surface area contributed by atoms with E-state index in [2.05, 4.69) is 43.0 Å². The maximum atomic E-state index is 10.6. The molecule has 2 aliphatic rings. The van der Waals surface area contributed by atoms with E-state index in [0.717, 1.165) is 69.1 Å². The predicted octanol–water partition coefficient (Wildman–Crippen LogP) is 4.62. The summed E-state index contributed by atoms with van der Waals surface area (Å²) in [4.78, 5) is 30.0. The van der Waals surface area contributed by atoms with Crippen LogP contribution in [0.15, 0.2) is 43.5 Å². The van der Waals surface area contributed by atoms with Crippen LogP contribution in [0.4, 0.5) is 19.0 Å². The van der Waals surface area contributed by atoms with E-state index in [-0.39, 0.29) is 0 Å². The highest BCUT2D eigenvalue weighted by Crippen LogP contribution is 2.39. The number of carboxylic acids is 1. The molecule has 4 aromatic rings. The second-order valence-corrected chi connectivity index (χ2v) is 10.2. The molecule has 0 spiro atoms. The first-order chi connectivity index (χ1) is 17.1. The quantitative estimate of drug-likeness (QED) is 0.295. The lowest BCUT2D eigenvalue weighted by Gasteiger charge is -2.29. The van der Waals surface area contributed by atoms with Gasteiger partial charge in [-0.15, -0.1) is 0 Å². The number of hydrogen-bond acceptors (Lipinski definition) is 8. The maximum absolute atomic E-state index is 10.6. The highest BCUT2D eigenvalue weighted by molar-refractivity contribution is 9.10. The van der Waals surface area contributed by atoms with Crippen LogP contribution < -0.4 is 10.2 Å². The van der Waals surface area contributed by atoms with Crippen LogP contribution in [0.25, 0.3) is 22.1 Å². The van der Waals surface area contributed by atoms with E-state index >= 15 is 0 Å². The van der Waals surface area contributed by atoms with Crippen LogP contribution >= 0.6 is 27.7 Å². The summed E-state index contributed by atoms with van der Waals surface area (Å²) < 4.78 is 38.3. The van der Waals surface area contributed by atoms with Crippen molar-refractivity contribution in [3.8, 4) is 0 Å². The molecule has 2 aliphatic heterocycles. The fraction of sp³-hybridized carbons (Fsp3) is 0.364. The number of nitrogens with one attached hydrogen (secondary N) is 2. The molecule has 0 aliphatic carbocycles. The molecule has 2 atom stereocenters. The molecule has 2 fully saturated rings. The van der Waals surface area contributed by atoms with Crippen molar-refractivity contribution in [2.75, 3.05) is 24.5 Å². The number of fused-ring (bicyclic) bond motifs is 3. The summed E-state index contributed by atoms with van der Waals surface area (Å²) in [5.41, 5.74) is 3.65. The number of nitrogens with zero attached hydrogens (tertiary/aromatic N) is 4. The molecule has 0 radical (unpaired) electrons. The minimum Gasteiger partial charge on any atom is -0.475 e. The van der Waals surface area contributed by atoms with E-state index in [1.54, 1.807) is 6.26 Å². The van der Waals surface area contributed by atoms with E-state index in [9.17, 15) is 13.2 Å². The third kappa shape index (κ3) is 4.76. The lowest BCUT2D eigenvalue weighted by molar-refractivity contribution is -0.192. The number of H-pyrrole nitrogens is 1. The van der Waals surface area contributed by atoms with E-state index in [1.807, 2.05) is 18.3 Å². The van der Waals surface area contributed by atoms with Crippen LogP contribution in [-0.4, -0.2) is 62.9 Å². The van der Waals surface area contributed by atoms with Crippen molar-refractivity contribution in [2.24, 2.45) is 5.92 Å². The van der Waals surface area contributed by atoms with Crippen molar-refractivity contribution in [1.29, 1.82) is 0 Å². The Morgan fingerprint density at radius 1 is 1.36 bits per heavy atom. The number of rotatable bonds is 4. The number of carboxylic acid groups (broad SMARTS) is 1. The Kier molecular flexibility index (Phi) is 6.59. The van der Waals surface area contributed by atoms with Crippen molar-refractivity contribution in [3.05, 3.63) is 34.8 Å². The average Bonchev–Trinajstić information content (AvgIpc) is 3.49. The minimum absolute atomic E-state index is 0.574. The predicted molar refractivity (Wildman–Crippen MR) is 130 cm³/mol.